The number of ether oxygens (including phenoxy) is 1. The van der Waals surface area contributed by atoms with E-state index in [1.165, 1.54) is 12.1 Å². The molecule has 3 rings (SSSR count). The van der Waals surface area contributed by atoms with Crippen LogP contribution in [0, 0.1) is 6.92 Å². The first-order valence-electron chi connectivity index (χ1n) is 8.56. The van der Waals surface area contributed by atoms with Crippen molar-refractivity contribution in [3.63, 3.8) is 0 Å². The zero-order valence-electron chi connectivity index (χ0n) is 15.4. The molecule has 0 spiro atoms. The monoisotopic (exact) mass is 387 g/mol. The van der Waals surface area contributed by atoms with Gasteiger partial charge in [-0.25, -0.2) is 13.2 Å². The maximum atomic E-state index is 12.6. The molecule has 0 bridgehead atoms. The summed E-state index contributed by atoms with van der Waals surface area (Å²) in [6.45, 7) is 3.22. The third-order valence-corrected chi connectivity index (χ3v) is 5.77. The Morgan fingerprint density at radius 2 is 1.89 bits per heavy atom. The first kappa shape index (κ1) is 19.1. The van der Waals surface area contributed by atoms with Crippen LogP contribution in [0.25, 0.3) is 0 Å². The summed E-state index contributed by atoms with van der Waals surface area (Å²) in [7, 11) is -3.44. The number of sulfone groups is 1. The van der Waals surface area contributed by atoms with E-state index in [-0.39, 0.29) is 22.4 Å². The number of benzene rings is 2. The lowest BCUT2D eigenvalue weighted by molar-refractivity contribution is -0.122. The van der Waals surface area contributed by atoms with Gasteiger partial charge in [0.05, 0.1) is 10.5 Å². The van der Waals surface area contributed by atoms with E-state index in [2.05, 4.69) is 0 Å². The molecule has 2 aromatic rings. The molecule has 0 N–H and O–H groups in total. The third kappa shape index (κ3) is 3.88. The lowest BCUT2D eigenvalue weighted by atomic mass is 10.1. The van der Waals surface area contributed by atoms with Crippen LogP contribution in [-0.2, 0) is 25.8 Å². The van der Waals surface area contributed by atoms with Crippen LogP contribution in [0.4, 0.5) is 5.69 Å². The number of aryl methyl sites for hydroxylation is 1. The number of carbonyl (C=O) groups excluding carboxylic acids is 2. The number of hydrogen-bond acceptors (Lipinski definition) is 5. The Bertz CT molecular complexity index is 1010. The average Bonchev–Trinajstić information content (AvgIpc) is 2.94. The van der Waals surface area contributed by atoms with Gasteiger partial charge in [0.2, 0.25) is 0 Å². The molecule has 0 saturated heterocycles. The maximum Gasteiger partial charge on any atom is 0.338 e. The summed E-state index contributed by atoms with van der Waals surface area (Å²) in [5.41, 5.74) is 2.64. The van der Waals surface area contributed by atoms with Crippen molar-refractivity contribution in [2.75, 3.05) is 17.8 Å². The first-order valence-corrected chi connectivity index (χ1v) is 10.5. The number of amides is 1. The number of rotatable bonds is 4. The molecular formula is C20H21NO5S. The highest BCUT2D eigenvalue weighted by molar-refractivity contribution is 7.90. The topological polar surface area (TPSA) is 80.7 Å². The van der Waals surface area contributed by atoms with Crippen LogP contribution in [0.3, 0.4) is 0 Å². The van der Waals surface area contributed by atoms with Gasteiger partial charge in [0, 0.05) is 18.0 Å². The Labute approximate surface area is 158 Å². The molecule has 0 radical (unpaired) electrons. The zero-order valence-corrected chi connectivity index (χ0v) is 16.2. The summed E-state index contributed by atoms with van der Waals surface area (Å²) >= 11 is 0. The highest BCUT2D eigenvalue weighted by atomic mass is 32.2. The van der Waals surface area contributed by atoms with Crippen molar-refractivity contribution < 1.29 is 22.7 Å². The minimum absolute atomic E-state index is 0.0103. The van der Waals surface area contributed by atoms with Crippen LogP contribution in [0.1, 0.15) is 28.4 Å². The number of anilines is 1. The molecule has 0 unspecified atom stereocenters. The van der Waals surface area contributed by atoms with Crippen molar-refractivity contribution in [2.24, 2.45) is 0 Å². The molecule has 0 saturated carbocycles. The second-order valence-electron chi connectivity index (χ2n) is 6.77. The number of nitrogens with zero attached hydrogens (tertiary/aromatic N) is 1. The summed E-state index contributed by atoms with van der Waals surface area (Å²) in [5, 5.41) is 0. The molecule has 1 atom stereocenters. The molecule has 27 heavy (non-hydrogen) atoms. The van der Waals surface area contributed by atoms with E-state index in [0.717, 1.165) is 23.9 Å². The van der Waals surface area contributed by atoms with Crippen molar-refractivity contribution >= 4 is 27.4 Å². The highest BCUT2D eigenvalue weighted by Crippen LogP contribution is 2.31. The average molecular weight is 387 g/mol. The van der Waals surface area contributed by atoms with Crippen LogP contribution in [0.5, 0.6) is 0 Å². The van der Waals surface area contributed by atoms with Crippen LogP contribution >= 0.6 is 0 Å². The number of fused-ring (bicyclic) bond motifs is 1. The van der Waals surface area contributed by atoms with Crippen molar-refractivity contribution in [3.05, 3.63) is 59.2 Å². The summed E-state index contributed by atoms with van der Waals surface area (Å²) in [4.78, 5) is 26.7. The number of esters is 1. The van der Waals surface area contributed by atoms with Crippen LogP contribution in [0.2, 0.25) is 0 Å². The Hall–Kier alpha value is -2.67. The van der Waals surface area contributed by atoms with Gasteiger partial charge in [-0.15, -0.1) is 0 Å². The molecule has 0 aromatic heterocycles. The van der Waals surface area contributed by atoms with Gasteiger partial charge < -0.3 is 9.64 Å². The van der Waals surface area contributed by atoms with E-state index < -0.39 is 22.4 Å². The molecule has 1 aliphatic heterocycles. The van der Waals surface area contributed by atoms with E-state index in [1.54, 1.807) is 17.9 Å². The van der Waals surface area contributed by atoms with Gasteiger partial charge >= 0.3 is 5.97 Å². The molecule has 142 valence electrons. The number of carbonyl (C=O) groups is 2. The maximum absolute atomic E-state index is 12.6. The van der Waals surface area contributed by atoms with E-state index in [1.807, 2.05) is 31.2 Å². The number of para-hydroxylation sites is 1. The van der Waals surface area contributed by atoms with Gasteiger partial charge in [-0.3, -0.25) is 4.79 Å². The quantitative estimate of drug-likeness (QED) is 0.753. The van der Waals surface area contributed by atoms with Crippen molar-refractivity contribution in [1.82, 2.24) is 0 Å². The Morgan fingerprint density at radius 3 is 2.59 bits per heavy atom. The molecule has 1 aliphatic rings. The predicted octanol–water partition coefficient (Wildman–Crippen LogP) is 2.53. The Kier molecular flexibility index (Phi) is 5.06. The molecule has 2 aromatic carbocycles. The van der Waals surface area contributed by atoms with Crippen molar-refractivity contribution in [2.45, 2.75) is 31.2 Å². The summed E-state index contributed by atoms with van der Waals surface area (Å²) in [6, 6.07) is 11.9. The minimum Gasteiger partial charge on any atom is -0.452 e. The normalized spacial score (nSPS) is 16.1. The third-order valence-electron chi connectivity index (χ3n) is 4.66. The highest BCUT2D eigenvalue weighted by Gasteiger charge is 2.31. The largest absolute Gasteiger partial charge is 0.452 e. The van der Waals surface area contributed by atoms with Gasteiger partial charge in [0.1, 0.15) is 0 Å². The van der Waals surface area contributed by atoms with Gasteiger partial charge in [-0.1, -0.05) is 24.3 Å². The van der Waals surface area contributed by atoms with Crippen molar-refractivity contribution in [1.29, 1.82) is 0 Å². The van der Waals surface area contributed by atoms with E-state index in [4.69, 9.17) is 4.74 Å². The lowest BCUT2D eigenvalue weighted by Gasteiger charge is -2.22. The molecule has 6 nitrogen and oxygen atoms in total. The van der Waals surface area contributed by atoms with Crippen LogP contribution in [0.15, 0.2) is 47.4 Å². The van der Waals surface area contributed by atoms with Gasteiger partial charge in [0.25, 0.3) is 5.91 Å². The Morgan fingerprint density at radius 1 is 1.19 bits per heavy atom. The first-order chi connectivity index (χ1) is 12.7. The number of hydrogen-bond donors (Lipinski definition) is 0. The lowest BCUT2D eigenvalue weighted by Crippen LogP contribution is -2.38. The molecule has 0 aliphatic carbocycles. The minimum atomic E-state index is -3.44. The van der Waals surface area contributed by atoms with Crippen LogP contribution < -0.4 is 4.90 Å². The second kappa shape index (κ2) is 7.15. The molecular weight excluding hydrogens is 366 g/mol. The van der Waals surface area contributed by atoms with E-state index in [9.17, 15) is 18.0 Å². The van der Waals surface area contributed by atoms with E-state index >= 15 is 0 Å². The fourth-order valence-corrected chi connectivity index (χ4v) is 3.92. The predicted molar refractivity (Wildman–Crippen MR) is 102 cm³/mol. The smallest absolute Gasteiger partial charge is 0.338 e. The standard InChI is InChI=1S/C20H21NO5S/c1-13-8-9-16(27(3,24)25)11-17(13)20(23)26-12-19(22)21-14(2)10-15-6-4-5-7-18(15)21/h4-9,11,14H,10,12H2,1-3H3/t14-/m0/s1. The van der Waals surface area contributed by atoms with Crippen LogP contribution in [-0.4, -0.2) is 39.2 Å². The fraction of sp³-hybridized carbons (Fsp3) is 0.300. The summed E-state index contributed by atoms with van der Waals surface area (Å²) in [5.74, 6) is -1.02. The Balaban J connectivity index is 1.74. The van der Waals surface area contributed by atoms with Gasteiger partial charge in [0.15, 0.2) is 16.4 Å². The molecule has 0 fully saturated rings. The summed E-state index contributed by atoms with van der Waals surface area (Å²) in [6.07, 6.45) is 1.83. The molecule has 1 amide bonds. The molecule has 1 heterocycles. The van der Waals surface area contributed by atoms with Gasteiger partial charge in [-0.2, -0.15) is 0 Å². The second-order valence-corrected chi connectivity index (χ2v) is 8.79. The molecule has 7 heteroatoms. The summed E-state index contributed by atoms with van der Waals surface area (Å²) < 4.78 is 28.6. The fourth-order valence-electron chi connectivity index (χ4n) is 3.27. The zero-order chi connectivity index (χ0) is 19.8. The van der Waals surface area contributed by atoms with E-state index in [0.29, 0.717) is 5.56 Å². The van der Waals surface area contributed by atoms with Crippen molar-refractivity contribution in [3.8, 4) is 0 Å². The van der Waals surface area contributed by atoms with Gasteiger partial charge in [-0.05, 0) is 49.6 Å². The SMILES string of the molecule is Cc1ccc(S(C)(=O)=O)cc1C(=O)OCC(=O)N1c2ccccc2C[C@@H]1C.